The average Bonchev–Trinajstić information content (AvgIpc) is 3.54. The molecule has 2 aliphatic rings. The largest absolute Gasteiger partial charge is 0.393 e. The van der Waals surface area contributed by atoms with Crippen molar-refractivity contribution in [2.75, 3.05) is 32.1 Å². The van der Waals surface area contributed by atoms with Crippen molar-refractivity contribution in [3.63, 3.8) is 0 Å². The van der Waals surface area contributed by atoms with Crippen LogP contribution < -0.4 is 5.32 Å². The molecule has 0 aromatic carbocycles. The molecule has 0 spiro atoms. The number of amides is 1. The van der Waals surface area contributed by atoms with Gasteiger partial charge in [0, 0.05) is 55.2 Å². The minimum atomic E-state index is -0.863. The van der Waals surface area contributed by atoms with E-state index in [9.17, 15) is 9.90 Å². The fourth-order valence-corrected chi connectivity index (χ4v) is 6.08. The molecule has 218 valence electrons. The van der Waals surface area contributed by atoms with Crippen molar-refractivity contribution in [2.24, 2.45) is 0 Å². The molecular formula is C29H43N7O4. The highest BCUT2D eigenvalue weighted by atomic mass is 16.5. The van der Waals surface area contributed by atoms with Gasteiger partial charge in [0.2, 0.25) is 11.9 Å². The molecule has 5 rings (SSSR count). The quantitative estimate of drug-likeness (QED) is 0.436. The monoisotopic (exact) mass is 553 g/mol. The molecule has 4 heterocycles. The van der Waals surface area contributed by atoms with Crippen molar-refractivity contribution < 1.29 is 19.4 Å². The number of aromatic nitrogens is 5. The van der Waals surface area contributed by atoms with Crippen molar-refractivity contribution in [2.45, 2.75) is 96.1 Å². The number of anilines is 1. The van der Waals surface area contributed by atoms with Gasteiger partial charge in [-0.15, -0.1) is 5.10 Å². The number of rotatable bonds is 8. The van der Waals surface area contributed by atoms with E-state index < -0.39 is 5.54 Å². The Labute approximate surface area is 235 Å². The van der Waals surface area contributed by atoms with Crippen LogP contribution in [-0.4, -0.2) is 91.5 Å². The molecule has 1 aliphatic carbocycles. The van der Waals surface area contributed by atoms with Crippen LogP contribution in [0.3, 0.4) is 0 Å². The molecule has 0 radical (unpaired) electrons. The van der Waals surface area contributed by atoms with E-state index in [2.05, 4.69) is 21.5 Å². The van der Waals surface area contributed by atoms with Crippen LogP contribution >= 0.6 is 0 Å². The van der Waals surface area contributed by atoms with E-state index in [0.717, 1.165) is 48.0 Å². The number of hydrogen-bond acceptors (Lipinski definition) is 8. The van der Waals surface area contributed by atoms with Gasteiger partial charge in [0.15, 0.2) is 0 Å². The predicted molar refractivity (Wildman–Crippen MR) is 152 cm³/mol. The summed E-state index contributed by atoms with van der Waals surface area (Å²) in [5.41, 5.74) is 2.99. The Bertz CT molecular complexity index is 1320. The van der Waals surface area contributed by atoms with Crippen LogP contribution in [0, 0.1) is 0 Å². The summed E-state index contributed by atoms with van der Waals surface area (Å²) in [6.45, 7) is 11.5. The molecule has 0 bridgehead atoms. The average molecular weight is 554 g/mol. The number of nitrogens with one attached hydrogen (secondary N) is 1. The van der Waals surface area contributed by atoms with Crippen molar-refractivity contribution in [1.29, 1.82) is 0 Å². The third kappa shape index (κ3) is 5.73. The van der Waals surface area contributed by atoms with Gasteiger partial charge in [-0.25, -0.2) is 9.50 Å². The third-order valence-corrected chi connectivity index (χ3v) is 8.15. The van der Waals surface area contributed by atoms with Gasteiger partial charge in [0.25, 0.3) is 0 Å². The van der Waals surface area contributed by atoms with Crippen LogP contribution in [0.2, 0.25) is 0 Å². The maximum atomic E-state index is 13.6. The minimum Gasteiger partial charge on any atom is -0.393 e. The van der Waals surface area contributed by atoms with Crippen LogP contribution in [0.4, 0.5) is 5.95 Å². The van der Waals surface area contributed by atoms with E-state index in [1.807, 2.05) is 62.6 Å². The van der Waals surface area contributed by atoms with Gasteiger partial charge in [-0.05, 0) is 66.4 Å². The van der Waals surface area contributed by atoms with Crippen molar-refractivity contribution in [3.8, 4) is 11.1 Å². The summed E-state index contributed by atoms with van der Waals surface area (Å²) in [6.07, 6.45) is 8.73. The smallest absolute Gasteiger partial charge is 0.250 e. The lowest BCUT2D eigenvalue weighted by molar-refractivity contribution is -0.151. The zero-order chi connectivity index (χ0) is 28.6. The Morgan fingerprint density at radius 3 is 2.58 bits per heavy atom. The molecule has 1 amide bonds. The second-order valence-electron chi connectivity index (χ2n) is 12.1. The second kappa shape index (κ2) is 11.5. The Hall–Kier alpha value is -3.02. The number of carbonyl (C=O) groups excluding carboxylic acids is 1. The SMILES string of the molecule is COC[C@H](C)Nc1ncc2c(-c3cnn(C(C)(C)C(=O)N4C[C@H](C)O[C@@H](C)C4)c3)cc([C@H]3CC[C@H](O)CC3)n2n1. The third-order valence-electron chi connectivity index (χ3n) is 8.15. The number of hydrogen-bond donors (Lipinski definition) is 2. The molecule has 3 aromatic rings. The lowest BCUT2D eigenvalue weighted by Gasteiger charge is -2.39. The lowest BCUT2D eigenvalue weighted by atomic mass is 9.85. The number of aliphatic hydroxyl groups excluding tert-OH is 1. The molecule has 11 heteroatoms. The topological polar surface area (TPSA) is 119 Å². The van der Waals surface area contributed by atoms with E-state index in [1.165, 1.54) is 0 Å². The standard InChI is InChI=1S/C29H43N7O4/c1-18(17-39-6)32-28-30-13-26-24(11-25(36(26)33-28)21-7-9-23(37)10-8-21)22-12-31-35(16-22)29(4,5)27(38)34-14-19(2)40-20(3)15-34/h11-13,16,18-21,23,37H,7-10,14-15,17H2,1-6H3,(H,32,33)/t18-,19-,20-,21-,23-/m0/s1. The zero-order valence-corrected chi connectivity index (χ0v) is 24.5. The first kappa shape index (κ1) is 28.5. The highest BCUT2D eigenvalue weighted by Crippen LogP contribution is 2.38. The van der Waals surface area contributed by atoms with Crippen LogP contribution in [-0.2, 0) is 19.8 Å². The predicted octanol–water partition coefficient (Wildman–Crippen LogP) is 3.43. The molecule has 3 atom stereocenters. The van der Waals surface area contributed by atoms with Gasteiger partial charge >= 0.3 is 0 Å². The van der Waals surface area contributed by atoms with E-state index in [-0.39, 0.29) is 36.2 Å². The number of carbonyl (C=O) groups is 1. The number of aliphatic hydroxyl groups is 1. The van der Waals surface area contributed by atoms with Crippen LogP contribution in [0.1, 0.15) is 71.9 Å². The second-order valence-corrected chi connectivity index (χ2v) is 12.1. The summed E-state index contributed by atoms with van der Waals surface area (Å²) in [5, 5.41) is 23.0. The Balaban J connectivity index is 1.48. The minimum absolute atomic E-state index is 0.000535. The van der Waals surface area contributed by atoms with Gasteiger partial charge < -0.3 is 24.8 Å². The van der Waals surface area contributed by atoms with E-state index in [0.29, 0.717) is 25.6 Å². The van der Waals surface area contributed by atoms with Crippen molar-refractivity contribution in [1.82, 2.24) is 29.3 Å². The Kier molecular flexibility index (Phi) is 8.17. The first-order valence-electron chi connectivity index (χ1n) is 14.4. The number of methoxy groups -OCH3 is 1. The van der Waals surface area contributed by atoms with E-state index in [4.69, 9.17) is 14.6 Å². The molecule has 1 saturated heterocycles. The van der Waals surface area contributed by atoms with Gasteiger partial charge in [0.05, 0.1) is 42.8 Å². The van der Waals surface area contributed by atoms with Crippen molar-refractivity contribution in [3.05, 3.63) is 30.4 Å². The highest BCUT2D eigenvalue weighted by molar-refractivity contribution is 5.85. The lowest BCUT2D eigenvalue weighted by Crippen LogP contribution is -2.54. The Morgan fingerprint density at radius 2 is 1.90 bits per heavy atom. The Morgan fingerprint density at radius 1 is 1.20 bits per heavy atom. The molecule has 3 aromatic heterocycles. The number of nitrogens with zero attached hydrogens (tertiary/aromatic N) is 6. The fourth-order valence-electron chi connectivity index (χ4n) is 6.08. The molecule has 2 N–H and O–H groups in total. The molecule has 40 heavy (non-hydrogen) atoms. The summed E-state index contributed by atoms with van der Waals surface area (Å²) < 4.78 is 14.8. The maximum Gasteiger partial charge on any atom is 0.250 e. The summed E-state index contributed by atoms with van der Waals surface area (Å²) in [4.78, 5) is 20.1. The van der Waals surface area contributed by atoms with E-state index in [1.54, 1.807) is 11.8 Å². The van der Waals surface area contributed by atoms with Gasteiger partial charge in [-0.2, -0.15) is 5.10 Å². The first-order valence-corrected chi connectivity index (χ1v) is 14.4. The number of ether oxygens (including phenoxy) is 2. The molecule has 1 saturated carbocycles. The van der Waals surface area contributed by atoms with Crippen LogP contribution in [0.15, 0.2) is 24.7 Å². The summed E-state index contributed by atoms with van der Waals surface area (Å²) >= 11 is 0. The maximum absolute atomic E-state index is 13.6. The van der Waals surface area contributed by atoms with Crippen LogP contribution in [0.25, 0.3) is 16.6 Å². The van der Waals surface area contributed by atoms with Gasteiger partial charge in [-0.1, -0.05) is 0 Å². The fraction of sp³-hybridized carbons (Fsp3) is 0.655. The van der Waals surface area contributed by atoms with Crippen molar-refractivity contribution >= 4 is 17.4 Å². The zero-order valence-electron chi connectivity index (χ0n) is 24.5. The highest BCUT2D eigenvalue weighted by Gasteiger charge is 2.38. The molecule has 2 fully saturated rings. The van der Waals surface area contributed by atoms with E-state index >= 15 is 0 Å². The molecule has 0 unspecified atom stereocenters. The number of fused-ring (bicyclic) bond motifs is 1. The molecule has 1 aliphatic heterocycles. The van der Waals surface area contributed by atoms with Crippen LogP contribution in [0.5, 0.6) is 0 Å². The molecular weight excluding hydrogens is 510 g/mol. The summed E-state index contributed by atoms with van der Waals surface area (Å²) in [7, 11) is 1.67. The van der Waals surface area contributed by atoms with Gasteiger partial charge in [-0.3, -0.25) is 9.48 Å². The summed E-state index contributed by atoms with van der Waals surface area (Å²) in [6, 6.07) is 2.23. The first-order chi connectivity index (χ1) is 19.1. The molecule has 11 nitrogen and oxygen atoms in total. The normalized spacial score (nSPS) is 24.8. The number of morpholine rings is 1. The summed E-state index contributed by atoms with van der Waals surface area (Å²) in [5.74, 6) is 0.839. The van der Waals surface area contributed by atoms with Gasteiger partial charge in [0.1, 0.15) is 5.54 Å².